The molecule has 0 aromatic heterocycles. The lowest BCUT2D eigenvalue weighted by atomic mass is 10.0. The van der Waals surface area contributed by atoms with Crippen LogP contribution in [0, 0.1) is 0 Å². The molecule has 1 fully saturated rings. The third-order valence-corrected chi connectivity index (χ3v) is 5.82. The molecule has 2 heterocycles. The summed E-state index contributed by atoms with van der Waals surface area (Å²) >= 11 is 0. The van der Waals surface area contributed by atoms with Crippen LogP contribution in [0.2, 0.25) is 0 Å². The van der Waals surface area contributed by atoms with Gasteiger partial charge >= 0.3 is 0 Å². The van der Waals surface area contributed by atoms with Gasteiger partial charge in [-0.05, 0) is 24.3 Å². The van der Waals surface area contributed by atoms with E-state index < -0.39 is 6.04 Å². The minimum absolute atomic E-state index is 0.201. The number of aliphatic imine (C=N–C) groups is 1. The van der Waals surface area contributed by atoms with Crippen LogP contribution in [0.1, 0.15) is 17.2 Å². The molecule has 2 aliphatic rings. The van der Waals surface area contributed by atoms with E-state index in [0.717, 1.165) is 50.3 Å². The van der Waals surface area contributed by atoms with Crippen LogP contribution in [-0.4, -0.2) is 75.7 Å². The molecule has 0 radical (unpaired) electrons. The zero-order valence-corrected chi connectivity index (χ0v) is 17.9. The van der Waals surface area contributed by atoms with E-state index in [0.29, 0.717) is 28.6 Å². The van der Waals surface area contributed by atoms with Crippen LogP contribution in [-0.2, 0) is 4.79 Å². The molecule has 0 aliphatic carbocycles. The predicted octanol–water partition coefficient (Wildman–Crippen LogP) is 1.74. The number of methoxy groups -OCH3 is 2. The normalized spacial score (nSPS) is 18.6. The monoisotopic (exact) mass is 424 g/mol. The lowest BCUT2D eigenvalue weighted by Gasteiger charge is -2.35. The number of anilines is 1. The number of aliphatic hydroxyl groups is 1. The Balaban J connectivity index is 1.57. The fourth-order valence-electron chi connectivity index (χ4n) is 4.10. The van der Waals surface area contributed by atoms with Crippen molar-refractivity contribution >= 4 is 23.5 Å². The molecule has 1 unspecified atom stereocenters. The van der Waals surface area contributed by atoms with Crippen molar-refractivity contribution in [3.05, 3.63) is 47.5 Å². The Morgan fingerprint density at radius 2 is 1.87 bits per heavy atom. The number of ether oxygens (including phenoxy) is 2. The quantitative estimate of drug-likeness (QED) is 0.655. The molecule has 8 nitrogen and oxygen atoms in total. The van der Waals surface area contributed by atoms with Crippen molar-refractivity contribution in [2.24, 2.45) is 4.99 Å². The fourth-order valence-corrected chi connectivity index (χ4v) is 4.10. The highest BCUT2D eigenvalue weighted by Gasteiger charge is 2.27. The number of nitrogens with zero attached hydrogens (tertiary/aromatic N) is 3. The number of amidine groups is 1. The van der Waals surface area contributed by atoms with Gasteiger partial charge in [0.2, 0.25) is 0 Å². The van der Waals surface area contributed by atoms with Crippen LogP contribution in [0.15, 0.2) is 41.4 Å². The number of carbonyl (C=O) groups is 1. The Labute approximate surface area is 182 Å². The number of hydrogen-bond donors (Lipinski definition) is 2. The van der Waals surface area contributed by atoms with E-state index in [-0.39, 0.29) is 6.61 Å². The van der Waals surface area contributed by atoms with Crippen LogP contribution in [0.5, 0.6) is 11.5 Å². The average molecular weight is 425 g/mol. The van der Waals surface area contributed by atoms with Gasteiger partial charge in [-0.15, -0.1) is 0 Å². The third-order valence-electron chi connectivity index (χ3n) is 5.82. The minimum atomic E-state index is -0.553. The van der Waals surface area contributed by atoms with Crippen molar-refractivity contribution in [3.8, 4) is 11.5 Å². The SMILES string of the molecule is COc1cc2c(c(OC)c1)C(C=O)NC(c1ccc(N3CCN(CCO)CC3)cc1)=N2. The molecule has 0 spiro atoms. The highest BCUT2D eigenvalue weighted by atomic mass is 16.5. The maximum Gasteiger partial charge on any atom is 0.147 e. The maximum atomic E-state index is 11.8. The molecule has 8 heteroatoms. The standard InChI is InChI=1S/C23H28N4O4/c1-30-18-13-19-22(21(14-18)31-2)20(15-29)25-23(24-19)16-3-5-17(6-4-16)27-9-7-26(8-10-27)11-12-28/h3-6,13-15,20,28H,7-12H2,1-2H3,(H,24,25). The largest absolute Gasteiger partial charge is 0.497 e. The fraction of sp³-hybridized carbons (Fsp3) is 0.391. The first-order chi connectivity index (χ1) is 15.2. The molecule has 4 rings (SSSR count). The Morgan fingerprint density at radius 3 is 2.48 bits per heavy atom. The first-order valence-electron chi connectivity index (χ1n) is 10.4. The van der Waals surface area contributed by atoms with Crippen LogP contribution < -0.4 is 19.7 Å². The number of aldehydes is 1. The second-order valence-corrected chi connectivity index (χ2v) is 7.58. The topological polar surface area (TPSA) is 86.6 Å². The summed E-state index contributed by atoms with van der Waals surface area (Å²) in [6.45, 7) is 4.67. The number of benzene rings is 2. The summed E-state index contributed by atoms with van der Waals surface area (Å²) in [5, 5.41) is 12.3. The zero-order chi connectivity index (χ0) is 21.8. The molecule has 1 saturated heterocycles. The molecule has 2 aromatic rings. The first-order valence-corrected chi connectivity index (χ1v) is 10.4. The molecular weight excluding hydrogens is 396 g/mol. The number of rotatable bonds is 7. The second kappa shape index (κ2) is 9.36. The zero-order valence-electron chi connectivity index (χ0n) is 17.9. The number of fused-ring (bicyclic) bond motifs is 1. The van der Waals surface area contributed by atoms with E-state index in [2.05, 4.69) is 27.2 Å². The van der Waals surface area contributed by atoms with Crippen molar-refractivity contribution in [1.29, 1.82) is 0 Å². The van der Waals surface area contributed by atoms with E-state index in [4.69, 9.17) is 19.6 Å². The molecule has 1 atom stereocenters. The molecule has 0 saturated carbocycles. The summed E-state index contributed by atoms with van der Waals surface area (Å²) in [6.07, 6.45) is 0.864. The lowest BCUT2D eigenvalue weighted by Crippen LogP contribution is -2.47. The van der Waals surface area contributed by atoms with E-state index >= 15 is 0 Å². The third kappa shape index (κ3) is 4.35. The van der Waals surface area contributed by atoms with Gasteiger partial charge in [-0.3, -0.25) is 4.90 Å². The van der Waals surface area contributed by atoms with Crippen molar-refractivity contribution < 1.29 is 19.4 Å². The van der Waals surface area contributed by atoms with Crippen molar-refractivity contribution in [2.75, 3.05) is 58.5 Å². The van der Waals surface area contributed by atoms with Gasteiger partial charge in [0.1, 0.15) is 29.7 Å². The van der Waals surface area contributed by atoms with Crippen LogP contribution in [0.4, 0.5) is 11.4 Å². The summed E-state index contributed by atoms with van der Waals surface area (Å²) in [5.41, 5.74) is 3.42. The van der Waals surface area contributed by atoms with E-state index in [9.17, 15) is 4.79 Å². The van der Waals surface area contributed by atoms with Gasteiger partial charge < -0.3 is 29.6 Å². The first kappa shape index (κ1) is 21.1. The summed E-state index contributed by atoms with van der Waals surface area (Å²) in [6, 6.07) is 11.2. The summed E-state index contributed by atoms with van der Waals surface area (Å²) in [4.78, 5) is 21.2. The number of piperazine rings is 1. The molecule has 2 N–H and O–H groups in total. The number of nitrogens with one attached hydrogen (secondary N) is 1. The summed E-state index contributed by atoms with van der Waals surface area (Å²) < 4.78 is 10.8. The molecule has 31 heavy (non-hydrogen) atoms. The van der Waals surface area contributed by atoms with Crippen molar-refractivity contribution in [1.82, 2.24) is 10.2 Å². The van der Waals surface area contributed by atoms with Crippen molar-refractivity contribution in [3.63, 3.8) is 0 Å². The summed E-state index contributed by atoms with van der Waals surface area (Å²) in [7, 11) is 3.16. The Morgan fingerprint density at radius 1 is 1.13 bits per heavy atom. The van der Waals surface area contributed by atoms with E-state index in [1.807, 2.05) is 18.2 Å². The minimum Gasteiger partial charge on any atom is -0.497 e. The average Bonchev–Trinajstić information content (AvgIpc) is 2.83. The highest BCUT2D eigenvalue weighted by molar-refractivity contribution is 6.04. The summed E-state index contributed by atoms with van der Waals surface area (Å²) in [5.74, 6) is 1.83. The number of hydrogen-bond acceptors (Lipinski definition) is 8. The van der Waals surface area contributed by atoms with Gasteiger partial charge in [0, 0.05) is 61.7 Å². The van der Waals surface area contributed by atoms with Crippen LogP contribution in [0.3, 0.4) is 0 Å². The second-order valence-electron chi connectivity index (χ2n) is 7.58. The molecular formula is C23H28N4O4. The maximum absolute atomic E-state index is 11.8. The Bertz CT molecular complexity index is 953. The van der Waals surface area contributed by atoms with Gasteiger partial charge in [-0.1, -0.05) is 0 Å². The molecule has 2 aromatic carbocycles. The number of carbonyl (C=O) groups excluding carboxylic acids is 1. The van der Waals surface area contributed by atoms with Crippen LogP contribution >= 0.6 is 0 Å². The number of β-amino-alcohol motifs (C(OH)–C–C–N with tert-alkyl or cyclic N) is 1. The van der Waals surface area contributed by atoms with Gasteiger partial charge in [-0.2, -0.15) is 0 Å². The molecule has 164 valence electrons. The Hall–Kier alpha value is -3.10. The predicted molar refractivity (Wildman–Crippen MR) is 120 cm³/mol. The van der Waals surface area contributed by atoms with E-state index in [1.54, 1.807) is 20.3 Å². The molecule has 0 bridgehead atoms. The van der Waals surface area contributed by atoms with Gasteiger partial charge in [0.25, 0.3) is 0 Å². The Kier molecular flexibility index (Phi) is 6.39. The molecule has 2 aliphatic heterocycles. The van der Waals surface area contributed by atoms with Gasteiger partial charge in [-0.25, -0.2) is 4.99 Å². The van der Waals surface area contributed by atoms with Crippen molar-refractivity contribution in [2.45, 2.75) is 6.04 Å². The van der Waals surface area contributed by atoms with Gasteiger partial charge in [0.15, 0.2) is 0 Å². The van der Waals surface area contributed by atoms with E-state index in [1.165, 1.54) is 0 Å². The van der Waals surface area contributed by atoms with Gasteiger partial charge in [0.05, 0.1) is 26.5 Å². The lowest BCUT2D eigenvalue weighted by molar-refractivity contribution is -0.109. The number of aliphatic hydroxyl groups excluding tert-OH is 1. The van der Waals surface area contributed by atoms with Crippen LogP contribution in [0.25, 0.3) is 0 Å². The highest BCUT2D eigenvalue weighted by Crippen LogP contribution is 2.40. The molecule has 0 amide bonds. The smallest absolute Gasteiger partial charge is 0.147 e.